The van der Waals surface area contributed by atoms with Crippen molar-refractivity contribution in [2.75, 3.05) is 24.0 Å². The molecule has 168 valence electrons. The Bertz CT molecular complexity index is 1360. The van der Waals surface area contributed by atoms with Crippen LogP contribution >= 0.6 is 0 Å². The molecule has 4 rings (SSSR count). The number of benzene rings is 3. The van der Waals surface area contributed by atoms with E-state index in [-0.39, 0.29) is 0 Å². The number of carbonyl (C=O) groups is 1. The van der Waals surface area contributed by atoms with Crippen LogP contribution in [0.1, 0.15) is 0 Å². The lowest BCUT2D eigenvalue weighted by atomic mass is 10.1. The summed E-state index contributed by atoms with van der Waals surface area (Å²) in [6.45, 7) is 0. The summed E-state index contributed by atoms with van der Waals surface area (Å²) < 4.78 is 23.3. The molecule has 0 fully saturated rings. The fourth-order valence-corrected chi connectivity index (χ4v) is 4.09. The van der Waals surface area contributed by atoms with Crippen LogP contribution in [0.4, 0.5) is 22.0 Å². The number of hydrogen-bond acceptors (Lipinski definition) is 6. The monoisotopic (exact) mass is 462 g/mol. The van der Waals surface area contributed by atoms with Gasteiger partial charge in [0.25, 0.3) is 0 Å². The van der Waals surface area contributed by atoms with Crippen LogP contribution in [-0.2, 0) is 10.8 Å². The zero-order valence-corrected chi connectivity index (χ0v) is 18.8. The lowest BCUT2D eigenvalue weighted by Gasteiger charge is -2.14. The van der Waals surface area contributed by atoms with E-state index in [2.05, 4.69) is 15.6 Å². The Kier molecular flexibility index (Phi) is 6.41. The molecule has 0 aliphatic carbocycles. The van der Waals surface area contributed by atoms with Gasteiger partial charge in [-0.2, -0.15) is 0 Å². The first kappa shape index (κ1) is 22.1. The molecule has 2 amide bonds. The summed E-state index contributed by atoms with van der Waals surface area (Å²) in [5.74, 6) is 2.29. The summed E-state index contributed by atoms with van der Waals surface area (Å²) in [7, 11) is 0.382. The van der Waals surface area contributed by atoms with Gasteiger partial charge in [0.05, 0.1) is 28.5 Å². The van der Waals surface area contributed by atoms with Crippen molar-refractivity contribution in [2.45, 2.75) is 4.90 Å². The minimum Gasteiger partial charge on any atom is -0.495 e. The number of amides is 2. The molecular weight excluding hydrogens is 440 g/mol. The molecule has 1 atom stereocenters. The fraction of sp³-hybridized carbons (Fsp3) is 0.0833. The van der Waals surface area contributed by atoms with E-state index in [1.54, 1.807) is 48.9 Å². The summed E-state index contributed by atoms with van der Waals surface area (Å²) in [4.78, 5) is 16.3. The number of anilines is 3. The van der Waals surface area contributed by atoms with Gasteiger partial charge in [0.15, 0.2) is 0 Å². The Morgan fingerprint density at radius 2 is 1.79 bits per heavy atom. The van der Waals surface area contributed by atoms with Gasteiger partial charge in [-0.05, 0) is 30.3 Å². The maximum absolute atomic E-state index is 11.8. The number of fused-ring (bicyclic) bond motifs is 1. The van der Waals surface area contributed by atoms with Crippen molar-refractivity contribution in [1.29, 1.82) is 0 Å². The highest BCUT2D eigenvalue weighted by molar-refractivity contribution is 7.84. The van der Waals surface area contributed by atoms with Crippen LogP contribution in [0.25, 0.3) is 10.8 Å². The van der Waals surface area contributed by atoms with Crippen molar-refractivity contribution in [3.63, 3.8) is 0 Å². The largest absolute Gasteiger partial charge is 0.495 e. The number of primary amides is 1. The first-order valence-electron chi connectivity index (χ1n) is 9.95. The van der Waals surface area contributed by atoms with Crippen molar-refractivity contribution < 1.29 is 18.5 Å². The SMILES string of the molecule is COc1cc(Nc2cc(Oc3ccc(NC(N)=O)c4ccccc34)ccn2)ccc1S(C)=O. The molecule has 0 saturated carbocycles. The van der Waals surface area contributed by atoms with Crippen LogP contribution in [-0.4, -0.2) is 28.6 Å². The number of hydrogen-bond donors (Lipinski definition) is 3. The van der Waals surface area contributed by atoms with E-state index in [0.29, 0.717) is 33.6 Å². The molecule has 0 spiro atoms. The summed E-state index contributed by atoms with van der Waals surface area (Å²) in [5.41, 5.74) is 6.62. The molecule has 1 heterocycles. The highest BCUT2D eigenvalue weighted by Gasteiger charge is 2.11. The summed E-state index contributed by atoms with van der Waals surface area (Å²) in [6.07, 6.45) is 3.24. The van der Waals surface area contributed by atoms with Crippen molar-refractivity contribution in [3.8, 4) is 17.2 Å². The summed E-state index contributed by atoms with van der Waals surface area (Å²) >= 11 is 0. The molecule has 1 aromatic heterocycles. The molecule has 0 radical (unpaired) electrons. The van der Waals surface area contributed by atoms with Crippen molar-refractivity contribution in [3.05, 3.63) is 72.9 Å². The number of aromatic nitrogens is 1. The van der Waals surface area contributed by atoms with E-state index in [4.69, 9.17) is 15.2 Å². The second-order valence-corrected chi connectivity index (χ2v) is 8.42. The highest BCUT2D eigenvalue weighted by atomic mass is 32.2. The Labute approximate surface area is 193 Å². The van der Waals surface area contributed by atoms with Gasteiger partial charge in [-0.3, -0.25) is 4.21 Å². The Hall–Kier alpha value is -4.11. The second-order valence-electron chi connectivity index (χ2n) is 7.07. The van der Waals surface area contributed by atoms with Crippen molar-refractivity contribution in [1.82, 2.24) is 4.98 Å². The third-order valence-electron chi connectivity index (χ3n) is 4.85. The summed E-state index contributed by atoms with van der Waals surface area (Å²) in [6, 6.07) is 19.3. The highest BCUT2D eigenvalue weighted by Crippen LogP contribution is 2.35. The van der Waals surface area contributed by atoms with Gasteiger partial charge in [0.1, 0.15) is 23.1 Å². The normalized spacial score (nSPS) is 11.6. The lowest BCUT2D eigenvalue weighted by Crippen LogP contribution is -2.19. The molecule has 8 nitrogen and oxygen atoms in total. The van der Waals surface area contributed by atoms with E-state index in [9.17, 15) is 9.00 Å². The topological polar surface area (TPSA) is 116 Å². The molecule has 0 bridgehead atoms. The Morgan fingerprint density at radius 3 is 2.52 bits per heavy atom. The summed E-state index contributed by atoms with van der Waals surface area (Å²) in [5, 5.41) is 7.47. The third-order valence-corrected chi connectivity index (χ3v) is 5.80. The van der Waals surface area contributed by atoms with Gasteiger partial charge in [0.2, 0.25) is 0 Å². The average Bonchev–Trinajstić information content (AvgIpc) is 2.80. The number of nitrogens with zero attached hydrogens (tertiary/aromatic N) is 1. The number of nitrogens with two attached hydrogens (primary N) is 1. The maximum Gasteiger partial charge on any atom is 0.316 e. The smallest absolute Gasteiger partial charge is 0.316 e. The minimum atomic E-state index is -1.16. The van der Waals surface area contributed by atoms with Crippen LogP contribution in [0, 0.1) is 0 Å². The van der Waals surface area contributed by atoms with Crippen LogP contribution in [0.3, 0.4) is 0 Å². The Morgan fingerprint density at radius 1 is 1.00 bits per heavy atom. The van der Waals surface area contributed by atoms with Crippen LogP contribution in [0.5, 0.6) is 17.2 Å². The van der Waals surface area contributed by atoms with Crippen molar-refractivity contribution in [2.24, 2.45) is 5.73 Å². The Balaban J connectivity index is 1.60. The molecule has 0 aliphatic heterocycles. The van der Waals surface area contributed by atoms with E-state index >= 15 is 0 Å². The predicted octanol–water partition coefficient (Wildman–Crippen LogP) is 5.01. The number of ether oxygens (including phenoxy) is 2. The number of methoxy groups -OCH3 is 1. The number of carbonyl (C=O) groups excluding carboxylic acids is 1. The van der Waals surface area contributed by atoms with Gasteiger partial charge in [-0.25, -0.2) is 9.78 Å². The zero-order valence-electron chi connectivity index (χ0n) is 18.0. The van der Waals surface area contributed by atoms with E-state index in [1.807, 2.05) is 30.3 Å². The fourth-order valence-electron chi connectivity index (χ4n) is 3.40. The lowest BCUT2D eigenvalue weighted by molar-refractivity contribution is 0.259. The molecule has 0 saturated heterocycles. The van der Waals surface area contributed by atoms with E-state index in [1.165, 1.54) is 7.11 Å². The second kappa shape index (κ2) is 9.58. The minimum absolute atomic E-state index is 0.532. The number of nitrogens with one attached hydrogen (secondary N) is 2. The van der Waals surface area contributed by atoms with Crippen molar-refractivity contribution >= 4 is 44.8 Å². The molecule has 0 aliphatic rings. The quantitative estimate of drug-likeness (QED) is 0.356. The number of urea groups is 1. The van der Waals surface area contributed by atoms with Gasteiger partial charge in [-0.15, -0.1) is 0 Å². The molecule has 1 unspecified atom stereocenters. The van der Waals surface area contributed by atoms with E-state index in [0.717, 1.165) is 16.5 Å². The number of rotatable bonds is 7. The molecule has 4 aromatic rings. The molecule has 9 heteroatoms. The average molecular weight is 463 g/mol. The van der Waals surface area contributed by atoms with Gasteiger partial charge < -0.3 is 25.8 Å². The zero-order chi connectivity index (χ0) is 23.4. The van der Waals surface area contributed by atoms with Crippen LogP contribution in [0.2, 0.25) is 0 Å². The standard InChI is InChI=1S/C24H22N4O4S/c1-31-21-13-15(7-10-22(21)33(2)30)27-23-14-16(11-12-26-23)32-20-9-8-19(28-24(25)29)17-5-3-4-6-18(17)20/h3-14H,1-2H3,(H,26,27)(H3,25,28,29). The van der Waals surface area contributed by atoms with Gasteiger partial charge >= 0.3 is 6.03 Å². The predicted molar refractivity (Wildman–Crippen MR) is 130 cm³/mol. The van der Waals surface area contributed by atoms with Crippen LogP contribution in [0.15, 0.2) is 77.8 Å². The molecule has 4 N–H and O–H groups in total. The molecule has 3 aromatic carbocycles. The maximum atomic E-state index is 11.8. The van der Waals surface area contributed by atoms with E-state index < -0.39 is 16.8 Å². The number of pyridine rings is 1. The molecular formula is C24H22N4O4S. The van der Waals surface area contributed by atoms with Gasteiger partial charge in [0, 0.05) is 41.0 Å². The van der Waals surface area contributed by atoms with Gasteiger partial charge in [-0.1, -0.05) is 24.3 Å². The third kappa shape index (κ3) is 5.04. The van der Waals surface area contributed by atoms with Crippen LogP contribution < -0.4 is 25.8 Å². The molecule has 33 heavy (non-hydrogen) atoms. The first-order valence-corrected chi connectivity index (χ1v) is 11.5. The first-order chi connectivity index (χ1) is 15.9.